The molecule has 144 valence electrons. The first kappa shape index (κ1) is 18.9. The lowest BCUT2D eigenvalue weighted by molar-refractivity contribution is -0.151. The Morgan fingerprint density at radius 3 is 2.26 bits per heavy atom. The first-order valence-electron chi connectivity index (χ1n) is 8.87. The molecule has 0 unspecified atom stereocenters. The molecule has 8 nitrogen and oxygen atoms in total. The summed E-state index contributed by atoms with van der Waals surface area (Å²) < 4.78 is 0. The maximum atomic E-state index is 12.4. The smallest absolute Gasteiger partial charge is 0.312 e. The Morgan fingerprint density at radius 1 is 1.07 bits per heavy atom. The summed E-state index contributed by atoms with van der Waals surface area (Å²) in [6, 6.07) is 7.42. The van der Waals surface area contributed by atoms with E-state index in [1.54, 1.807) is 6.07 Å². The monoisotopic (exact) mass is 374 g/mol. The zero-order valence-electron chi connectivity index (χ0n) is 15.0. The second-order valence-corrected chi connectivity index (χ2v) is 7.30. The van der Waals surface area contributed by atoms with Gasteiger partial charge in [0.05, 0.1) is 0 Å². The van der Waals surface area contributed by atoms with Crippen LogP contribution in [0, 0.1) is 10.8 Å². The Hall–Kier alpha value is -2.90. The lowest BCUT2D eigenvalue weighted by Gasteiger charge is -2.20. The Balaban J connectivity index is 1.55. The van der Waals surface area contributed by atoms with Gasteiger partial charge in [0.15, 0.2) is 0 Å². The van der Waals surface area contributed by atoms with Gasteiger partial charge in [0.2, 0.25) is 11.8 Å². The average molecular weight is 374 g/mol. The van der Waals surface area contributed by atoms with Crippen LogP contribution in [0.4, 0.5) is 5.69 Å². The van der Waals surface area contributed by atoms with Crippen molar-refractivity contribution in [3.8, 4) is 0 Å². The molecule has 1 aromatic rings. The Bertz CT molecular complexity index is 794. The highest BCUT2D eigenvalue weighted by atomic mass is 16.4. The summed E-state index contributed by atoms with van der Waals surface area (Å²) in [5, 5.41) is 21.5. The molecular weight excluding hydrogens is 352 g/mol. The third-order valence-corrected chi connectivity index (χ3v) is 5.67. The van der Waals surface area contributed by atoms with Crippen molar-refractivity contribution in [2.24, 2.45) is 10.8 Å². The molecule has 3 N–H and O–H groups in total. The van der Waals surface area contributed by atoms with E-state index < -0.39 is 28.7 Å². The van der Waals surface area contributed by atoms with Gasteiger partial charge in [0.1, 0.15) is 10.8 Å². The van der Waals surface area contributed by atoms with Crippen LogP contribution >= 0.6 is 0 Å². The van der Waals surface area contributed by atoms with Gasteiger partial charge in [-0.25, -0.2) is 0 Å². The molecule has 2 fully saturated rings. The molecule has 1 aromatic carbocycles. The van der Waals surface area contributed by atoms with Gasteiger partial charge in [0, 0.05) is 31.6 Å². The van der Waals surface area contributed by atoms with Crippen LogP contribution in [0.15, 0.2) is 24.3 Å². The number of nitrogens with one attached hydrogen (secondary N) is 1. The van der Waals surface area contributed by atoms with Gasteiger partial charge in [-0.3, -0.25) is 19.2 Å². The van der Waals surface area contributed by atoms with Gasteiger partial charge >= 0.3 is 11.9 Å². The molecule has 1 saturated carbocycles. The number of nitrogens with zero attached hydrogens (tertiary/aromatic N) is 1. The van der Waals surface area contributed by atoms with Crippen LogP contribution in [0.3, 0.4) is 0 Å². The maximum Gasteiger partial charge on any atom is 0.312 e. The normalized spacial score (nSPS) is 25.6. The maximum absolute atomic E-state index is 12.4. The van der Waals surface area contributed by atoms with Crippen LogP contribution in [-0.4, -0.2) is 52.0 Å². The molecule has 1 saturated heterocycles. The molecule has 2 amide bonds. The predicted octanol–water partition coefficient (Wildman–Crippen LogP) is 1.36. The van der Waals surface area contributed by atoms with Crippen LogP contribution in [0.5, 0.6) is 0 Å². The van der Waals surface area contributed by atoms with E-state index in [9.17, 15) is 29.4 Å². The van der Waals surface area contributed by atoms with Crippen molar-refractivity contribution < 1.29 is 29.4 Å². The highest BCUT2D eigenvalue weighted by molar-refractivity contribution is 5.97. The number of rotatable bonds is 7. The number of carbonyl (C=O) groups excluding carboxylic acids is 2. The van der Waals surface area contributed by atoms with E-state index >= 15 is 0 Å². The summed E-state index contributed by atoms with van der Waals surface area (Å²) in [5.41, 5.74) is -1.05. The first-order valence-corrected chi connectivity index (χ1v) is 8.87. The van der Waals surface area contributed by atoms with E-state index in [-0.39, 0.29) is 38.3 Å². The van der Waals surface area contributed by atoms with Crippen LogP contribution in [0.1, 0.15) is 31.7 Å². The van der Waals surface area contributed by atoms with Crippen molar-refractivity contribution in [2.75, 3.05) is 18.4 Å². The number of likely N-dealkylation sites (tertiary alicyclic amines) is 1. The number of fused-ring (bicyclic) bond motifs is 1. The van der Waals surface area contributed by atoms with E-state index in [4.69, 9.17) is 0 Å². The number of aryl methyl sites for hydroxylation is 1. The molecule has 0 spiro atoms. The fourth-order valence-electron chi connectivity index (χ4n) is 3.94. The fourth-order valence-corrected chi connectivity index (χ4v) is 3.94. The highest BCUT2D eigenvalue weighted by Crippen LogP contribution is 2.68. The summed E-state index contributed by atoms with van der Waals surface area (Å²) in [7, 11) is 0. The predicted molar refractivity (Wildman–Crippen MR) is 95.0 cm³/mol. The van der Waals surface area contributed by atoms with Gasteiger partial charge in [-0.2, -0.15) is 0 Å². The largest absolute Gasteiger partial charge is 0.481 e. The van der Waals surface area contributed by atoms with Crippen molar-refractivity contribution in [3.63, 3.8) is 0 Å². The van der Waals surface area contributed by atoms with Crippen molar-refractivity contribution in [2.45, 2.75) is 32.6 Å². The average Bonchev–Trinajstić information content (AvgIpc) is 3.18. The van der Waals surface area contributed by atoms with Crippen molar-refractivity contribution in [3.05, 3.63) is 29.8 Å². The molecule has 27 heavy (non-hydrogen) atoms. The lowest BCUT2D eigenvalue weighted by Crippen LogP contribution is -2.34. The number of hydrogen-bond acceptors (Lipinski definition) is 4. The Labute approximate surface area is 156 Å². The minimum absolute atomic E-state index is 0.0443. The number of aliphatic carboxylic acids is 2. The number of amides is 2. The van der Waals surface area contributed by atoms with E-state index in [1.807, 2.05) is 25.1 Å². The third kappa shape index (κ3) is 3.15. The number of carbonyl (C=O) groups is 4. The van der Waals surface area contributed by atoms with Crippen LogP contribution in [0.2, 0.25) is 0 Å². The van der Waals surface area contributed by atoms with Gasteiger partial charge in [-0.05, 0) is 30.5 Å². The van der Waals surface area contributed by atoms with Crippen molar-refractivity contribution in [1.29, 1.82) is 0 Å². The fraction of sp³-hybridized carbons (Fsp3) is 0.474. The summed E-state index contributed by atoms with van der Waals surface area (Å²) in [4.78, 5) is 48.7. The van der Waals surface area contributed by atoms with Crippen LogP contribution < -0.4 is 5.32 Å². The number of hydrogen-bond donors (Lipinski definition) is 3. The second-order valence-electron chi connectivity index (χ2n) is 7.30. The number of benzene rings is 1. The quantitative estimate of drug-likeness (QED) is 0.662. The summed E-state index contributed by atoms with van der Waals surface area (Å²) in [5.74, 6) is -3.09. The molecule has 0 aromatic heterocycles. The minimum Gasteiger partial charge on any atom is -0.481 e. The lowest BCUT2D eigenvalue weighted by atomic mass is 9.97. The van der Waals surface area contributed by atoms with Crippen molar-refractivity contribution >= 4 is 29.4 Å². The number of anilines is 1. The van der Waals surface area contributed by atoms with Gasteiger partial charge < -0.3 is 20.4 Å². The zero-order valence-corrected chi connectivity index (χ0v) is 15.0. The molecule has 1 aliphatic heterocycles. The number of piperidine rings is 1. The minimum atomic E-state index is -1.39. The topological polar surface area (TPSA) is 124 Å². The van der Waals surface area contributed by atoms with E-state index in [1.165, 1.54) is 4.90 Å². The standard InChI is InChI=1S/C19H22N2O6/c1-2-12-4-3-5-13(8-12)20-14(22)6-7-15(23)21-10-18(16(24)25)9-19(18,11-21)17(26)27/h3-5,8H,2,6-7,9-11H2,1H3,(H,20,22)(H,24,25)(H,26,27)/t18-,19+. The molecular formula is C19H22N2O6. The molecule has 1 aliphatic carbocycles. The summed E-state index contributed by atoms with van der Waals surface area (Å²) in [6.45, 7) is 1.77. The molecule has 2 aliphatic rings. The summed E-state index contributed by atoms with van der Waals surface area (Å²) >= 11 is 0. The van der Waals surface area contributed by atoms with E-state index in [0.29, 0.717) is 5.69 Å². The highest BCUT2D eigenvalue weighted by Gasteiger charge is 2.81. The molecule has 2 atom stereocenters. The summed E-state index contributed by atoms with van der Waals surface area (Å²) in [6.07, 6.45) is 0.743. The number of carboxylic acids is 2. The van der Waals surface area contributed by atoms with E-state index in [0.717, 1.165) is 12.0 Å². The molecule has 3 rings (SSSR count). The Morgan fingerprint density at radius 2 is 1.70 bits per heavy atom. The van der Waals surface area contributed by atoms with Crippen LogP contribution in [-0.2, 0) is 25.6 Å². The second kappa shape index (κ2) is 6.68. The van der Waals surface area contributed by atoms with Gasteiger partial charge in [-0.1, -0.05) is 19.1 Å². The third-order valence-electron chi connectivity index (χ3n) is 5.67. The number of carboxylic acid groups (broad SMARTS) is 2. The molecule has 0 radical (unpaired) electrons. The van der Waals surface area contributed by atoms with E-state index in [2.05, 4.69) is 5.32 Å². The van der Waals surface area contributed by atoms with Gasteiger partial charge in [0.25, 0.3) is 0 Å². The van der Waals surface area contributed by atoms with Gasteiger partial charge in [-0.15, -0.1) is 0 Å². The molecule has 1 heterocycles. The first-order chi connectivity index (χ1) is 12.7. The molecule has 0 bridgehead atoms. The SMILES string of the molecule is CCc1cccc(NC(=O)CCC(=O)N2C[C@@]3(C(=O)O)C[C@@]3(C(=O)O)C2)c1. The van der Waals surface area contributed by atoms with Crippen molar-refractivity contribution in [1.82, 2.24) is 4.90 Å². The zero-order chi connectivity index (χ0) is 19.8. The Kier molecular flexibility index (Phi) is 4.67. The molecule has 8 heteroatoms. The van der Waals surface area contributed by atoms with Crippen LogP contribution in [0.25, 0.3) is 0 Å².